The van der Waals surface area contributed by atoms with Crippen molar-refractivity contribution in [1.82, 2.24) is 9.97 Å². The minimum Gasteiger partial charge on any atom is -0.361 e. The Bertz CT molecular complexity index is 582. The molecule has 0 saturated carbocycles. The van der Waals surface area contributed by atoms with Gasteiger partial charge in [0.2, 0.25) is 0 Å². The van der Waals surface area contributed by atoms with Crippen molar-refractivity contribution < 1.29 is 0 Å². The summed E-state index contributed by atoms with van der Waals surface area (Å²) < 4.78 is 0. The van der Waals surface area contributed by atoms with Crippen LogP contribution >= 0.6 is 0 Å². The van der Waals surface area contributed by atoms with Crippen molar-refractivity contribution in [3.8, 4) is 11.3 Å². The number of aromatic amines is 1. The summed E-state index contributed by atoms with van der Waals surface area (Å²) in [5.41, 5.74) is 3.03. The normalized spacial score (nSPS) is 10.7. The Kier molecular flexibility index (Phi) is 1.78. The smallest absolute Gasteiger partial charge is 0.0994 e. The molecule has 0 aliphatic rings. The van der Waals surface area contributed by atoms with E-state index in [1.165, 1.54) is 0 Å². The van der Waals surface area contributed by atoms with Gasteiger partial charge in [-0.3, -0.25) is 0 Å². The van der Waals surface area contributed by atoms with Gasteiger partial charge >= 0.3 is 0 Å². The number of fused-ring (bicyclic) bond motifs is 1. The van der Waals surface area contributed by atoms with Crippen molar-refractivity contribution in [2.24, 2.45) is 0 Å². The zero-order valence-corrected chi connectivity index (χ0v) is 8.07. The Hall–Kier alpha value is -2.09. The predicted molar refractivity (Wildman–Crippen MR) is 60.4 cm³/mol. The molecule has 2 heteroatoms. The maximum atomic E-state index is 4.29. The van der Waals surface area contributed by atoms with E-state index >= 15 is 0 Å². The van der Waals surface area contributed by atoms with Crippen LogP contribution in [0.1, 0.15) is 0 Å². The molecule has 0 spiro atoms. The van der Waals surface area contributed by atoms with Crippen molar-refractivity contribution in [2.45, 2.75) is 0 Å². The Morgan fingerprint density at radius 1 is 1.07 bits per heavy atom. The molecule has 0 saturated heterocycles. The lowest BCUT2D eigenvalue weighted by atomic mass is 10.1. The first-order valence-corrected chi connectivity index (χ1v) is 4.85. The third kappa shape index (κ3) is 1.40. The fourth-order valence-corrected chi connectivity index (χ4v) is 1.66. The summed E-state index contributed by atoms with van der Waals surface area (Å²) in [7, 11) is 0. The summed E-state index contributed by atoms with van der Waals surface area (Å²) >= 11 is 0. The fourth-order valence-electron chi connectivity index (χ4n) is 1.66. The molecule has 3 aromatic rings. The largest absolute Gasteiger partial charge is 0.361 e. The first-order valence-electron chi connectivity index (χ1n) is 4.85. The number of pyridine rings is 1. The standard InChI is InChI=1S/C13H9N2/c1-2-5-12-10(4-1)8-11(9-15-12)13-6-3-7-14-13/h1-8,14H. The molecular formula is C13H9N2. The number of nitrogens with one attached hydrogen (secondary N) is 1. The van der Waals surface area contributed by atoms with E-state index in [1.807, 2.05) is 36.5 Å². The minimum absolute atomic E-state index is 0.979. The lowest BCUT2D eigenvalue weighted by Crippen LogP contribution is -1.82. The van der Waals surface area contributed by atoms with E-state index in [4.69, 9.17) is 0 Å². The molecule has 15 heavy (non-hydrogen) atoms. The summed E-state index contributed by atoms with van der Waals surface area (Å²) in [5.74, 6) is 0. The van der Waals surface area contributed by atoms with E-state index in [9.17, 15) is 0 Å². The van der Waals surface area contributed by atoms with Gasteiger partial charge in [0.1, 0.15) is 0 Å². The monoisotopic (exact) mass is 193 g/mol. The second kappa shape index (κ2) is 3.24. The van der Waals surface area contributed by atoms with Gasteiger partial charge in [-0.05, 0) is 24.3 Å². The summed E-state index contributed by atoms with van der Waals surface area (Å²) in [6.07, 6.45) is 4.93. The molecule has 71 valence electrons. The van der Waals surface area contributed by atoms with E-state index in [-0.39, 0.29) is 0 Å². The van der Waals surface area contributed by atoms with Crippen LogP contribution in [0.5, 0.6) is 0 Å². The Balaban J connectivity index is 2.22. The number of benzene rings is 1. The van der Waals surface area contributed by atoms with Crippen LogP contribution in [0.3, 0.4) is 0 Å². The van der Waals surface area contributed by atoms with Crippen LogP contribution in [0, 0.1) is 6.20 Å². The quantitative estimate of drug-likeness (QED) is 0.632. The van der Waals surface area contributed by atoms with Crippen molar-refractivity contribution >= 4 is 10.9 Å². The third-order valence-electron chi connectivity index (χ3n) is 2.42. The molecule has 0 amide bonds. The molecule has 0 unspecified atom stereocenters. The lowest BCUT2D eigenvalue weighted by Gasteiger charge is -1.99. The number of hydrogen-bond donors (Lipinski definition) is 1. The van der Waals surface area contributed by atoms with Gasteiger partial charge in [0.05, 0.1) is 11.7 Å². The van der Waals surface area contributed by atoms with Gasteiger partial charge in [-0.25, -0.2) is 4.98 Å². The molecule has 2 aromatic heterocycles. The molecule has 1 N–H and O–H groups in total. The predicted octanol–water partition coefficient (Wildman–Crippen LogP) is 3.03. The van der Waals surface area contributed by atoms with E-state index in [1.54, 1.807) is 0 Å². The fraction of sp³-hybridized carbons (Fsp3) is 0. The molecule has 0 fully saturated rings. The van der Waals surface area contributed by atoms with Crippen LogP contribution in [0.4, 0.5) is 0 Å². The molecule has 0 atom stereocenters. The third-order valence-corrected chi connectivity index (χ3v) is 2.42. The number of nitrogens with zero attached hydrogens (tertiary/aromatic N) is 1. The highest BCUT2D eigenvalue weighted by Crippen LogP contribution is 2.20. The summed E-state index contributed by atoms with van der Waals surface area (Å²) in [6, 6.07) is 14.1. The number of hydrogen-bond acceptors (Lipinski definition) is 1. The van der Waals surface area contributed by atoms with Gasteiger partial charge in [0.15, 0.2) is 0 Å². The number of para-hydroxylation sites is 1. The lowest BCUT2D eigenvalue weighted by molar-refractivity contribution is 1.34. The average Bonchev–Trinajstić information content (AvgIpc) is 2.82. The van der Waals surface area contributed by atoms with Gasteiger partial charge in [-0.1, -0.05) is 18.2 Å². The van der Waals surface area contributed by atoms with Gasteiger partial charge in [-0.15, -0.1) is 0 Å². The van der Waals surface area contributed by atoms with Crippen LogP contribution in [0.25, 0.3) is 22.2 Å². The molecule has 2 heterocycles. The van der Waals surface area contributed by atoms with Crippen LogP contribution < -0.4 is 0 Å². The molecule has 1 aromatic carbocycles. The highest BCUT2D eigenvalue weighted by Gasteiger charge is 2.00. The average molecular weight is 193 g/mol. The Labute approximate surface area is 87.6 Å². The zero-order chi connectivity index (χ0) is 10.1. The maximum Gasteiger partial charge on any atom is 0.0994 e. The van der Waals surface area contributed by atoms with E-state index in [0.29, 0.717) is 0 Å². The topological polar surface area (TPSA) is 28.7 Å². The maximum absolute atomic E-state index is 4.29. The first kappa shape index (κ1) is 8.24. The highest BCUT2D eigenvalue weighted by molar-refractivity contribution is 5.82. The zero-order valence-electron chi connectivity index (χ0n) is 8.07. The van der Waals surface area contributed by atoms with Gasteiger partial charge in [0.25, 0.3) is 0 Å². The van der Waals surface area contributed by atoms with Gasteiger partial charge in [0, 0.05) is 22.8 Å². The summed E-state index contributed by atoms with van der Waals surface area (Å²) in [5, 5.41) is 1.14. The van der Waals surface area contributed by atoms with E-state index in [2.05, 4.69) is 28.3 Å². The molecular weight excluding hydrogens is 184 g/mol. The SMILES string of the molecule is [c]1nc2ccccc2cc1-c1ccc[nH]1. The van der Waals surface area contributed by atoms with E-state index in [0.717, 1.165) is 22.2 Å². The minimum atomic E-state index is 0.979. The van der Waals surface area contributed by atoms with Crippen molar-refractivity contribution in [3.63, 3.8) is 0 Å². The van der Waals surface area contributed by atoms with E-state index < -0.39 is 0 Å². The number of rotatable bonds is 1. The van der Waals surface area contributed by atoms with Gasteiger partial charge < -0.3 is 4.98 Å². The summed E-state index contributed by atoms with van der Waals surface area (Å²) in [6.45, 7) is 0. The van der Waals surface area contributed by atoms with Crippen molar-refractivity contribution in [3.05, 3.63) is 54.9 Å². The molecule has 0 aliphatic carbocycles. The summed E-state index contributed by atoms with van der Waals surface area (Å²) in [4.78, 5) is 7.44. The highest BCUT2D eigenvalue weighted by atomic mass is 14.7. The van der Waals surface area contributed by atoms with Crippen LogP contribution in [-0.2, 0) is 0 Å². The first-order chi connectivity index (χ1) is 7.43. The Morgan fingerprint density at radius 3 is 2.87 bits per heavy atom. The van der Waals surface area contributed by atoms with Crippen molar-refractivity contribution in [1.29, 1.82) is 0 Å². The Morgan fingerprint density at radius 2 is 2.00 bits per heavy atom. The number of H-pyrrole nitrogens is 1. The second-order valence-corrected chi connectivity index (χ2v) is 3.42. The molecule has 0 bridgehead atoms. The van der Waals surface area contributed by atoms with Crippen molar-refractivity contribution in [2.75, 3.05) is 0 Å². The van der Waals surface area contributed by atoms with Crippen LogP contribution in [0.2, 0.25) is 0 Å². The van der Waals surface area contributed by atoms with Crippen LogP contribution in [0.15, 0.2) is 48.7 Å². The molecule has 0 aliphatic heterocycles. The molecule has 1 radical (unpaired) electrons. The molecule has 3 rings (SSSR count). The van der Waals surface area contributed by atoms with Crippen LogP contribution in [-0.4, -0.2) is 9.97 Å². The molecule has 2 nitrogen and oxygen atoms in total. The number of aromatic nitrogens is 2. The van der Waals surface area contributed by atoms with Gasteiger partial charge in [-0.2, -0.15) is 0 Å². The second-order valence-electron chi connectivity index (χ2n) is 3.42.